The van der Waals surface area contributed by atoms with Gasteiger partial charge in [0.25, 0.3) is 0 Å². The van der Waals surface area contributed by atoms with Gasteiger partial charge in [-0.05, 0) is 39.5 Å². The van der Waals surface area contributed by atoms with Gasteiger partial charge in [-0.3, -0.25) is 4.98 Å². The average Bonchev–Trinajstić information content (AvgIpc) is 2.35. The molecule has 0 aliphatic heterocycles. The fraction of sp³-hybridized carbons (Fsp3) is 0.714. The van der Waals surface area contributed by atoms with Gasteiger partial charge in [0.2, 0.25) is 0 Å². The molecule has 0 bridgehead atoms. The lowest BCUT2D eigenvalue weighted by Crippen LogP contribution is -2.28. The summed E-state index contributed by atoms with van der Waals surface area (Å²) in [6, 6.07) is 0.505. The lowest BCUT2D eigenvalue weighted by molar-refractivity contribution is 0.328. The zero-order valence-corrected chi connectivity index (χ0v) is 11.2. The van der Waals surface area contributed by atoms with Crippen molar-refractivity contribution in [1.82, 2.24) is 9.97 Å². The molecule has 0 amide bonds. The summed E-state index contributed by atoms with van der Waals surface area (Å²) in [5.74, 6) is 1.76. The van der Waals surface area contributed by atoms with Crippen molar-refractivity contribution >= 4 is 5.82 Å². The zero-order chi connectivity index (χ0) is 12.3. The van der Waals surface area contributed by atoms with Gasteiger partial charge in [0.05, 0.1) is 11.4 Å². The van der Waals surface area contributed by atoms with Crippen LogP contribution in [0.1, 0.15) is 50.4 Å². The Morgan fingerprint density at radius 2 is 1.94 bits per heavy atom. The van der Waals surface area contributed by atoms with Crippen LogP contribution in [0.15, 0.2) is 6.20 Å². The van der Waals surface area contributed by atoms with Crippen LogP contribution >= 0.6 is 0 Å². The molecule has 2 rings (SSSR count). The van der Waals surface area contributed by atoms with Crippen molar-refractivity contribution in [2.45, 2.75) is 58.9 Å². The zero-order valence-electron chi connectivity index (χ0n) is 11.2. The molecule has 1 unspecified atom stereocenters. The minimum Gasteiger partial charge on any atom is -0.366 e. The number of aromatic nitrogens is 2. The van der Waals surface area contributed by atoms with Crippen LogP contribution in [-0.4, -0.2) is 16.0 Å². The van der Waals surface area contributed by atoms with Gasteiger partial charge in [0, 0.05) is 12.2 Å². The number of hydrogen-bond acceptors (Lipinski definition) is 3. The molecule has 0 spiro atoms. The minimum absolute atomic E-state index is 0.505. The normalized spacial score (nSPS) is 19.0. The highest BCUT2D eigenvalue weighted by atomic mass is 15.0. The molecule has 1 aromatic rings. The summed E-state index contributed by atoms with van der Waals surface area (Å²) in [7, 11) is 0. The maximum absolute atomic E-state index is 4.53. The Hall–Kier alpha value is -1.12. The van der Waals surface area contributed by atoms with Crippen LogP contribution in [0.3, 0.4) is 0 Å². The number of rotatable bonds is 3. The Morgan fingerprint density at radius 1 is 1.24 bits per heavy atom. The highest BCUT2D eigenvalue weighted by Crippen LogP contribution is 2.28. The van der Waals surface area contributed by atoms with Crippen molar-refractivity contribution in [3.05, 3.63) is 17.6 Å². The third kappa shape index (κ3) is 3.18. The van der Waals surface area contributed by atoms with Crippen LogP contribution in [0.2, 0.25) is 0 Å². The first kappa shape index (κ1) is 12.3. The van der Waals surface area contributed by atoms with Crippen molar-refractivity contribution in [3.8, 4) is 0 Å². The molecule has 1 saturated carbocycles. The van der Waals surface area contributed by atoms with E-state index in [2.05, 4.69) is 22.2 Å². The number of nitrogens with zero attached hydrogens (tertiary/aromatic N) is 2. The smallest absolute Gasteiger partial charge is 0.147 e. The minimum atomic E-state index is 0.505. The lowest BCUT2D eigenvalue weighted by Gasteiger charge is -2.28. The molecule has 0 saturated heterocycles. The van der Waals surface area contributed by atoms with Crippen molar-refractivity contribution in [2.75, 3.05) is 5.32 Å². The molecular weight excluding hydrogens is 210 g/mol. The van der Waals surface area contributed by atoms with Gasteiger partial charge in [-0.15, -0.1) is 0 Å². The van der Waals surface area contributed by atoms with Crippen LogP contribution in [0, 0.1) is 19.8 Å². The first-order chi connectivity index (χ1) is 8.16. The summed E-state index contributed by atoms with van der Waals surface area (Å²) in [4.78, 5) is 8.89. The van der Waals surface area contributed by atoms with Crippen molar-refractivity contribution < 1.29 is 0 Å². The van der Waals surface area contributed by atoms with Crippen LogP contribution in [0.25, 0.3) is 0 Å². The van der Waals surface area contributed by atoms with E-state index in [0.29, 0.717) is 6.04 Å². The molecule has 1 atom stereocenters. The molecule has 1 fully saturated rings. The Kier molecular flexibility index (Phi) is 3.97. The molecule has 1 heterocycles. The summed E-state index contributed by atoms with van der Waals surface area (Å²) in [6.45, 7) is 6.28. The van der Waals surface area contributed by atoms with Gasteiger partial charge in [-0.2, -0.15) is 0 Å². The monoisotopic (exact) mass is 233 g/mol. The highest BCUT2D eigenvalue weighted by Gasteiger charge is 2.20. The van der Waals surface area contributed by atoms with E-state index in [9.17, 15) is 0 Å². The van der Waals surface area contributed by atoms with Gasteiger partial charge in [0.1, 0.15) is 5.82 Å². The molecule has 1 aliphatic carbocycles. The van der Waals surface area contributed by atoms with Gasteiger partial charge >= 0.3 is 0 Å². The molecule has 3 heteroatoms. The maximum Gasteiger partial charge on any atom is 0.147 e. The number of hydrogen-bond donors (Lipinski definition) is 1. The Labute approximate surface area is 104 Å². The van der Waals surface area contributed by atoms with E-state index >= 15 is 0 Å². The van der Waals surface area contributed by atoms with E-state index in [-0.39, 0.29) is 0 Å². The van der Waals surface area contributed by atoms with E-state index in [0.717, 1.165) is 23.1 Å². The van der Waals surface area contributed by atoms with E-state index < -0.39 is 0 Å². The quantitative estimate of drug-likeness (QED) is 0.868. The predicted molar refractivity (Wildman–Crippen MR) is 71.2 cm³/mol. The largest absolute Gasteiger partial charge is 0.366 e. The fourth-order valence-corrected chi connectivity index (χ4v) is 2.64. The molecular formula is C14H23N3. The number of anilines is 1. The summed E-state index contributed by atoms with van der Waals surface area (Å²) >= 11 is 0. The van der Waals surface area contributed by atoms with Crippen LogP contribution < -0.4 is 5.32 Å². The summed E-state index contributed by atoms with van der Waals surface area (Å²) in [5, 5.41) is 3.55. The molecule has 1 aliphatic rings. The first-order valence-corrected chi connectivity index (χ1v) is 6.73. The Bertz CT molecular complexity index is 370. The predicted octanol–water partition coefficient (Wildman–Crippen LogP) is 3.47. The lowest BCUT2D eigenvalue weighted by atomic mass is 9.84. The van der Waals surface area contributed by atoms with Crippen molar-refractivity contribution in [1.29, 1.82) is 0 Å². The van der Waals surface area contributed by atoms with E-state index in [1.807, 2.05) is 20.0 Å². The van der Waals surface area contributed by atoms with Gasteiger partial charge in [-0.25, -0.2) is 4.98 Å². The highest BCUT2D eigenvalue weighted by molar-refractivity contribution is 5.40. The van der Waals surface area contributed by atoms with Gasteiger partial charge in [0.15, 0.2) is 0 Å². The third-order valence-corrected chi connectivity index (χ3v) is 3.80. The van der Waals surface area contributed by atoms with E-state index in [1.54, 1.807) is 0 Å². The number of nitrogens with one attached hydrogen (secondary N) is 1. The SMILES string of the molecule is Cc1cnc(C)c(NC(C)C2CCCCC2)n1. The van der Waals surface area contributed by atoms with Gasteiger partial charge in [-0.1, -0.05) is 19.3 Å². The molecule has 94 valence electrons. The molecule has 0 aromatic carbocycles. The fourth-order valence-electron chi connectivity index (χ4n) is 2.64. The first-order valence-electron chi connectivity index (χ1n) is 6.73. The van der Waals surface area contributed by atoms with Crippen LogP contribution in [-0.2, 0) is 0 Å². The maximum atomic E-state index is 4.53. The Morgan fingerprint density at radius 3 is 2.65 bits per heavy atom. The number of aryl methyl sites for hydroxylation is 2. The van der Waals surface area contributed by atoms with Crippen LogP contribution in [0.5, 0.6) is 0 Å². The van der Waals surface area contributed by atoms with E-state index in [1.165, 1.54) is 32.1 Å². The standard InChI is InChI=1S/C14H23N3/c1-10-9-15-12(3)14(16-10)17-11(2)13-7-5-4-6-8-13/h9,11,13H,4-8H2,1-3H3,(H,16,17). The molecule has 1 N–H and O–H groups in total. The topological polar surface area (TPSA) is 37.8 Å². The summed E-state index contributed by atoms with van der Waals surface area (Å²) < 4.78 is 0. The second-order valence-electron chi connectivity index (χ2n) is 5.28. The van der Waals surface area contributed by atoms with Crippen molar-refractivity contribution in [3.63, 3.8) is 0 Å². The molecule has 1 aromatic heterocycles. The second-order valence-corrected chi connectivity index (χ2v) is 5.28. The molecule has 0 radical (unpaired) electrons. The van der Waals surface area contributed by atoms with Crippen molar-refractivity contribution in [2.24, 2.45) is 5.92 Å². The van der Waals surface area contributed by atoms with Gasteiger partial charge < -0.3 is 5.32 Å². The Balaban J connectivity index is 2.01. The van der Waals surface area contributed by atoms with E-state index in [4.69, 9.17) is 0 Å². The average molecular weight is 233 g/mol. The summed E-state index contributed by atoms with van der Waals surface area (Å²) in [5.41, 5.74) is 1.98. The third-order valence-electron chi connectivity index (χ3n) is 3.80. The second kappa shape index (κ2) is 5.48. The van der Waals surface area contributed by atoms with Crippen LogP contribution in [0.4, 0.5) is 5.82 Å². The molecule has 3 nitrogen and oxygen atoms in total. The molecule has 17 heavy (non-hydrogen) atoms. The summed E-state index contributed by atoms with van der Waals surface area (Å²) in [6.07, 6.45) is 8.71.